The molecular weight excluding hydrogens is 256 g/mol. The Morgan fingerprint density at radius 3 is 2.50 bits per heavy atom. The zero-order valence-electron chi connectivity index (χ0n) is 12.9. The smallest absolute Gasteiger partial charge is 0.239 e. The maximum Gasteiger partial charge on any atom is 0.239 e. The molecule has 0 fully saturated rings. The number of hydrogen-bond acceptors (Lipinski definition) is 4. The Morgan fingerprint density at radius 1 is 1.30 bits per heavy atom. The number of likely N-dealkylation sites (N-methyl/N-ethyl adjacent to an activating group) is 1. The van der Waals surface area contributed by atoms with Gasteiger partial charge in [0.15, 0.2) is 11.5 Å². The average Bonchev–Trinajstić information content (AvgIpc) is 2.50. The van der Waals surface area contributed by atoms with E-state index in [2.05, 4.69) is 5.32 Å². The second-order valence-electron chi connectivity index (χ2n) is 4.64. The van der Waals surface area contributed by atoms with Gasteiger partial charge in [0.1, 0.15) is 0 Å². The molecule has 1 atom stereocenters. The van der Waals surface area contributed by atoms with Gasteiger partial charge in [-0.3, -0.25) is 4.79 Å². The predicted octanol–water partition coefficient (Wildman–Crippen LogP) is 1.66. The Hall–Kier alpha value is -1.75. The van der Waals surface area contributed by atoms with Crippen molar-refractivity contribution in [3.63, 3.8) is 0 Å². The van der Waals surface area contributed by atoms with Crippen LogP contribution in [0.5, 0.6) is 11.5 Å². The molecule has 0 aliphatic rings. The van der Waals surface area contributed by atoms with Crippen LogP contribution in [-0.4, -0.2) is 44.7 Å². The van der Waals surface area contributed by atoms with Crippen LogP contribution in [0.3, 0.4) is 0 Å². The van der Waals surface area contributed by atoms with Crippen LogP contribution in [0.1, 0.15) is 19.4 Å². The molecule has 0 aliphatic carbocycles. The first-order valence-electron chi connectivity index (χ1n) is 6.72. The summed E-state index contributed by atoms with van der Waals surface area (Å²) in [7, 11) is 5.02. The summed E-state index contributed by atoms with van der Waals surface area (Å²) in [5, 5.41) is 3.22. The van der Waals surface area contributed by atoms with Crippen molar-refractivity contribution in [1.82, 2.24) is 10.2 Å². The Kier molecular flexibility index (Phi) is 6.31. The lowest BCUT2D eigenvalue weighted by Crippen LogP contribution is -2.42. The average molecular weight is 280 g/mol. The van der Waals surface area contributed by atoms with Crippen molar-refractivity contribution in [1.29, 1.82) is 0 Å². The third kappa shape index (κ3) is 4.13. The number of rotatable bonds is 7. The molecule has 5 heteroatoms. The van der Waals surface area contributed by atoms with Crippen molar-refractivity contribution in [2.24, 2.45) is 0 Å². The van der Waals surface area contributed by atoms with Crippen molar-refractivity contribution in [3.05, 3.63) is 23.8 Å². The fourth-order valence-corrected chi connectivity index (χ4v) is 1.84. The van der Waals surface area contributed by atoms with Crippen LogP contribution in [0.4, 0.5) is 0 Å². The lowest BCUT2D eigenvalue weighted by Gasteiger charge is -2.20. The largest absolute Gasteiger partial charge is 0.493 e. The number of hydrogen-bond donors (Lipinski definition) is 1. The SMILES string of the molecule is CCN(C)C(=O)C(C)NCc1ccc(OC)c(OC)c1. The molecule has 1 rings (SSSR count). The highest BCUT2D eigenvalue weighted by molar-refractivity contribution is 5.81. The number of ether oxygens (including phenoxy) is 2. The summed E-state index contributed by atoms with van der Waals surface area (Å²) in [6.07, 6.45) is 0. The fourth-order valence-electron chi connectivity index (χ4n) is 1.84. The first-order chi connectivity index (χ1) is 9.53. The van der Waals surface area contributed by atoms with Gasteiger partial charge in [0.2, 0.25) is 5.91 Å². The van der Waals surface area contributed by atoms with Gasteiger partial charge in [-0.05, 0) is 31.5 Å². The van der Waals surface area contributed by atoms with Crippen molar-refractivity contribution in [3.8, 4) is 11.5 Å². The highest BCUT2D eigenvalue weighted by atomic mass is 16.5. The molecule has 1 N–H and O–H groups in total. The van der Waals surface area contributed by atoms with Gasteiger partial charge in [0.05, 0.1) is 20.3 Å². The molecule has 0 saturated carbocycles. The molecule has 1 amide bonds. The van der Waals surface area contributed by atoms with Gasteiger partial charge in [-0.25, -0.2) is 0 Å². The maximum absolute atomic E-state index is 11.9. The molecule has 0 heterocycles. The molecule has 112 valence electrons. The number of methoxy groups -OCH3 is 2. The number of nitrogens with zero attached hydrogens (tertiary/aromatic N) is 1. The van der Waals surface area contributed by atoms with E-state index in [9.17, 15) is 4.79 Å². The van der Waals surface area contributed by atoms with Crippen molar-refractivity contribution < 1.29 is 14.3 Å². The summed E-state index contributed by atoms with van der Waals surface area (Å²) < 4.78 is 10.5. The van der Waals surface area contributed by atoms with E-state index in [1.807, 2.05) is 32.0 Å². The zero-order chi connectivity index (χ0) is 15.1. The fraction of sp³-hybridized carbons (Fsp3) is 0.533. The monoisotopic (exact) mass is 280 g/mol. The van der Waals surface area contributed by atoms with Crippen molar-refractivity contribution in [2.45, 2.75) is 26.4 Å². The lowest BCUT2D eigenvalue weighted by atomic mass is 10.2. The maximum atomic E-state index is 11.9. The van der Waals surface area contributed by atoms with Gasteiger partial charge in [0.25, 0.3) is 0 Å². The lowest BCUT2D eigenvalue weighted by molar-refractivity contribution is -0.131. The van der Waals surface area contributed by atoms with Crippen LogP contribution in [0.15, 0.2) is 18.2 Å². The van der Waals surface area contributed by atoms with Crippen LogP contribution >= 0.6 is 0 Å². The van der Waals surface area contributed by atoms with Crippen LogP contribution in [0, 0.1) is 0 Å². The number of amides is 1. The molecule has 0 spiro atoms. The molecule has 0 bridgehead atoms. The topological polar surface area (TPSA) is 50.8 Å². The zero-order valence-corrected chi connectivity index (χ0v) is 12.9. The normalized spacial score (nSPS) is 11.8. The van der Waals surface area contributed by atoms with Gasteiger partial charge in [-0.1, -0.05) is 6.07 Å². The molecule has 0 radical (unpaired) electrons. The summed E-state index contributed by atoms with van der Waals surface area (Å²) in [5.41, 5.74) is 1.04. The van der Waals surface area contributed by atoms with E-state index in [0.29, 0.717) is 24.6 Å². The second-order valence-corrected chi connectivity index (χ2v) is 4.64. The Labute approximate surface area is 120 Å². The first-order valence-corrected chi connectivity index (χ1v) is 6.72. The van der Waals surface area contributed by atoms with Gasteiger partial charge in [-0.15, -0.1) is 0 Å². The molecule has 1 aromatic carbocycles. The first kappa shape index (κ1) is 16.3. The van der Waals surface area contributed by atoms with E-state index < -0.39 is 0 Å². The summed E-state index contributed by atoms with van der Waals surface area (Å²) in [6.45, 7) is 5.14. The predicted molar refractivity (Wildman–Crippen MR) is 79.2 cm³/mol. The van der Waals surface area contributed by atoms with E-state index in [1.54, 1.807) is 26.2 Å². The third-order valence-corrected chi connectivity index (χ3v) is 3.28. The highest BCUT2D eigenvalue weighted by Gasteiger charge is 2.15. The number of benzene rings is 1. The molecule has 20 heavy (non-hydrogen) atoms. The van der Waals surface area contributed by atoms with Gasteiger partial charge < -0.3 is 19.7 Å². The minimum atomic E-state index is -0.215. The van der Waals surface area contributed by atoms with Crippen LogP contribution in [0.2, 0.25) is 0 Å². The quantitative estimate of drug-likeness (QED) is 0.825. The van der Waals surface area contributed by atoms with Crippen LogP contribution in [-0.2, 0) is 11.3 Å². The molecule has 0 aromatic heterocycles. The van der Waals surface area contributed by atoms with Gasteiger partial charge in [0, 0.05) is 20.1 Å². The number of carbonyl (C=O) groups excluding carboxylic acids is 1. The third-order valence-electron chi connectivity index (χ3n) is 3.28. The molecule has 0 saturated heterocycles. The highest BCUT2D eigenvalue weighted by Crippen LogP contribution is 2.27. The Balaban J connectivity index is 2.64. The standard InChI is InChI=1S/C15H24N2O3/c1-6-17(3)15(18)11(2)16-10-12-7-8-13(19-4)14(9-12)20-5/h7-9,11,16H,6,10H2,1-5H3. The summed E-state index contributed by atoms with van der Waals surface area (Å²) in [6, 6.07) is 5.51. The van der Waals surface area contributed by atoms with E-state index in [1.165, 1.54) is 0 Å². The van der Waals surface area contributed by atoms with E-state index in [0.717, 1.165) is 5.56 Å². The Morgan fingerprint density at radius 2 is 1.95 bits per heavy atom. The van der Waals surface area contributed by atoms with E-state index in [4.69, 9.17) is 9.47 Å². The Bertz CT molecular complexity index is 449. The summed E-state index contributed by atoms with van der Waals surface area (Å²) >= 11 is 0. The van der Waals surface area contributed by atoms with Crippen molar-refractivity contribution >= 4 is 5.91 Å². The molecule has 1 unspecified atom stereocenters. The van der Waals surface area contributed by atoms with Gasteiger partial charge in [-0.2, -0.15) is 0 Å². The van der Waals surface area contributed by atoms with Crippen LogP contribution in [0.25, 0.3) is 0 Å². The van der Waals surface area contributed by atoms with Crippen LogP contribution < -0.4 is 14.8 Å². The van der Waals surface area contributed by atoms with E-state index >= 15 is 0 Å². The minimum absolute atomic E-state index is 0.0907. The molecule has 5 nitrogen and oxygen atoms in total. The summed E-state index contributed by atoms with van der Waals surface area (Å²) in [4.78, 5) is 13.6. The van der Waals surface area contributed by atoms with Gasteiger partial charge >= 0.3 is 0 Å². The molecule has 1 aromatic rings. The summed E-state index contributed by atoms with van der Waals surface area (Å²) in [5.74, 6) is 1.48. The number of carbonyl (C=O) groups is 1. The van der Waals surface area contributed by atoms with Crippen molar-refractivity contribution in [2.75, 3.05) is 27.8 Å². The minimum Gasteiger partial charge on any atom is -0.493 e. The second kappa shape index (κ2) is 7.75. The molecule has 0 aliphatic heterocycles. The molecular formula is C15H24N2O3. The van der Waals surface area contributed by atoms with E-state index in [-0.39, 0.29) is 11.9 Å². The number of nitrogens with one attached hydrogen (secondary N) is 1.